The van der Waals surface area contributed by atoms with E-state index in [4.69, 9.17) is 0 Å². The van der Waals surface area contributed by atoms with Crippen LogP contribution >= 0.6 is 0 Å². The van der Waals surface area contributed by atoms with Gasteiger partial charge in [0.15, 0.2) is 0 Å². The molecule has 116 valence electrons. The maximum absolute atomic E-state index is 12.6. The minimum atomic E-state index is 0.275. The highest BCUT2D eigenvalue weighted by Crippen LogP contribution is 2.21. The lowest BCUT2D eigenvalue weighted by molar-refractivity contribution is 0.104. The van der Waals surface area contributed by atoms with Crippen molar-refractivity contribution in [2.45, 2.75) is 52.5 Å². The number of carbonyl (C=O) groups is 1. The van der Waals surface area contributed by atoms with Gasteiger partial charge in [-0.25, -0.2) is 4.79 Å². The molecule has 20 heavy (non-hydrogen) atoms. The van der Waals surface area contributed by atoms with Crippen molar-refractivity contribution in [3.63, 3.8) is 0 Å². The summed E-state index contributed by atoms with van der Waals surface area (Å²) >= 11 is 0. The molecule has 0 aliphatic carbocycles. The smallest absolute Gasteiger partial charge is 0.320 e. The highest BCUT2D eigenvalue weighted by Gasteiger charge is 2.31. The number of piperidine rings is 2. The van der Waals surface area contributed by atoms with E-state index in [2.05, 4.69) is 35.9 Å². The van der Waals surface area contributed by atoms with E-state index in [0.29, 0.717) is 17.9 Å². The Labute approximate surface area is 123 Å². The Hall–Kier alpha value is -0.770. The van der Waals surface area contributed by atoms with E-state index in [1.54, 1.807) is 0 Å². The van der Waals surface area contributed by atoms with Gasteiger partial charge in [-0.2, -0.15) is 0 Å². The fraction of sp³-hybridized carbons (Fsp3) is 0.938. The topological polar surface area (TPSA) is 35.6 Å². The van der Waals surface area contributed by atoms with E-state index in [1.807, 2.05) is 0 Å². The van der Waals surface area contributed by atoms with Gasteiger partial charge in [0.2, 0.25) is 0 Å². The number of nitrogens with one attached hydrogen (secondary N) is 1. The molecule has 4 nitrogen and oxygen atoms in total. The van der Waals surface area contributed by atoms with Gasteiger partial charge >= 0.3 is 6.03 Å². The first-order valence-electron chi connectivity index (χ1n) is 8.39. The third-order valence-electron chi connectivity index (χ3n) is 4.76. The Morgan fingerprint density at radius 3 is 2.55 bits per heavy atom. The lowest BCUT2D eigenvalue weighted by Crippen LogP contribution is -2.54. The van der Waals surface area contributed by atoms with Crippen LogP contribution in [0, 0.1) is 11.8 Å². The molecule has 2 amide bonds. The van der Waals surface area contributed by atoms with Crippen molar-refractivity contribution in [2.75, 3.05) is 32.7 Å². The first kappa shape index (κ1) is 15.6. The maximum atomic E-state index is 12.6. The van der Waals surface area contributed by atoms with E-state index in [9.17, 15) is 4.79 Å². The summed E-state index contributed by atoms with van der Waals surface area (Å²) in [7, 11) is 0. The van der Waals surface area contributed by atoms with Gasteiger partial charge in [-0.15, -0.1) is 0 Å². The number of likely N-dealkylation sites (tertiary alicyclic amines) is 2. The summed E-state index contributed by atoms with van der Waals surface area (Å²) in [6, 6.07) is 0.858. The van der Waals surface area contributed by atoms with E-state index < -0.39 is 0 Å². The Morgan fingerprint density at radius 2 is 1.90 bits per heavy atom. The fourth-order valence-corrected chi connectivity index (χ4v) is 3.52. The SMILES string of the molecule is CCCNC1CCN(C(=O)N2CCCC(C)C2)CC1C. The molecule has 0 saturated carbocycles. The minimum Gasteiger partial charge on any atom is -0.324 e. The van der Waals surface area contributed by atoms with Crippen LogP contribution in [0.15, 0.2) is 0 Å². The zero-order valence-electron chi connectivity index (χ0n) is 13.4. The van der Waals surface area contributed by atoms with Crippen LogP contribution in [0.3, 0.4) is 0 Å². The van der Waals surface area contributed by atoms with Crippen LogP contribution in [0.25, 0.3) is 0 Å². The van der Waals surface area contributed by atoms with E-state index in [-0.39, 0.29) is 6.03 Å². The Bertz CT molecular complexity index is 321. The molecule has 1 N–H and O–H groups in total. The van der Waals surface area contributed by atoms with Crippen LogP contribution in [-0.4, -0.2) is 54.6 Å². The van der Waals surface area contributed by atoms with Gasteiger partial charge in [0.25, 0.3) is 0 Å². The first-order chi connectivity index (χ1) is 9.61. The summed E-state index contributed by atoms with van der Waals surface area (Å²) in [6.45, 7) is 11.5. The second-order valence-electron chi connectivity index (χ2n) is 6.75. The summed E-state index contributed by atoms with van der Waals surface area (Å²) in [5.41, 5.74) is 0. The molecule has 0 aromatic rings. The molecule has 2 aliphatic rings. The molecule has 0 bridgehead atoms. The summed E-state index contributed by atoms with van der Waals surface area (Å²) in [4.78, 5) is 16.7. The molecular formula is C16H31N3O. The Balaban J connectivity index is 1.83. The lowest BCUT2D eigenvalue weighted by Gasteiger charge is -2.41. The van der Waals surface area contributed by atoms with Crippen LogP contribution in [0.4, 0.5) is 4.79 Å². The molecule has 2 fully saturated rings. The molecule has 2 heterocycles. The highest BCUT2D eigenvalue weighted by atomic mass is 16.2. The molecule has 2 aliphatic heterocycles. The normalized spacial score (nSPS) is 31.4. The molecule has 0 radical (unpaired) electrons. The van der Waals surface area contributed by atoms with Crippen LogP contribution in [0.2, 0.25) is 0 Å². The van der Waals surface area contributed by atoms with E-state index in [1.165, 1.54) is 12.8 Å². The maximum Gasteiger partial charge on any atom is 0.320 e. The number of nitrogens with zero attached hydrogens (tertiary/aromatic N) is 2. The predicted octanol–water partition coefficient (Wildman–Crippen LogP) is 2.55. The van der Waals surface area contributed by atoms with Gasteiger partial charge in [0.1, 0.15) is 0 Å². The zero-order valence-corrected chi connectivity index (χ0v) is 13.4. The average molecular weight is 281 g/mol. The lowest BCUT2D eigenvalue weighted by atomic mass is 9.93. The molecule has 0 aromatic carbocycles. The highest BCUT2D eigenvalue weighted by molar-refractivity contribution is 5.74. The van der Waals surface area contributed by atoms with Crippen LogP contribution in [-0.2, 0) is 0 Å². The van der Waals surface area contributed by atoms with Crippen molar-refractivity contribution in [1.82, 2.24) is 15.1 Å². The summed E-state index contributed by atoms with van der Waals surface area (Å²) < 4.78 is 0. The number of urea groups is 1. The number of hydrogen-bond donors (Lipinski definition) is 1. The third-order valence-corrected chi connectivity index (χ3v) is 4.76. The van der Waals surface area contributed by atoms with Crippen molar-refractivity contribution in [3.8, 4) is 0 Å². The standard InChI is InChI=1S/C16H31N3O/c1-4-8-17-15-7-10-19(12-14(15)3)16(20)18-9-5-6-13(2)11-18/h13-15,17H,4-12H2,1-3H3. The van der Waals surface area contributed by atoms with Crippen LogP contribution in [0.1, 0.15) is 46.5 Å². The summed E-state index contributed by atoms with van der Waals surface area (Å²) in [5, 5.41) is 3.62. The molecule has 3 atom stereocenters. The molecule has 0 aromatic heterocycles. The molecule has 4 heteroatoms. The first-order valence-corrected chi connectivity index (χ1v) is 8.39. The predicted molar refractivity (Wildman–Crippen MR) is 82.8 cm³/mol. The molecular weight excluding hydrogens is 250 g/mol. The Morgan fingerprint density at radius 1 is 1.15 bits per heavy atom. The molecule has 2 rings (SSSR count). The van der Waals surface area contributed by atoms with Gasteiger partial charge in [0, 0.05) is 32.2 Å². The average Bonchev–Trinajstić information content (AvgIpc) is 2.45. The molecule has 0 spiro atoms. The largest absolute Gasteiger partial charge is 0.324 e. The minimum absolute atomic E-state index is 0.275. The monoisotopic (exact) mass is 281 g/mol. The van der Waals surface area contributed by atoms with Crippen molar-refractivity contribution in [1.29, 1.82) is 0 Å². The second kappa shape index (κ2) is 7.30. The third kappa shape index (κ3) is 3.87. The Kier molecular flexibility index (Phi) is 5.70. The zero-order chi connectivity index (χ0) is 14.5. The summed E-state index contributed by atoms with van der Waals surface area (Å²) in [5.74, 6) is 1.22. The van der Waals surface area contributed by atoms with Crippen LogP contribution in [0.5, 0.6) is 0 Å². The number of hydrogen-bond acceptors (Lipinski definition) is 2. The second-order valence-corrected chi connectivity index (χ2v) is 6.75. The fourth-order valence-electron chi connectivity index (χ4n) is 3.52. The van der Waals surface area contributed by atoms with Gasteiger partial charge in [-0.05, 0) is 44.1 Å². The van der Waals surface area contributed by atoms with Crippen molar-refractivity contribution in [2.24, 2.45) is 11.8 Å². The molecule has 3 unspecified atom stereocenters. The van der Waals surface area contributed by atoms with Gasteiger partial charge < -0.3 is 15.1 Å². The van der Waals surface area contributed by atoms with Gasteiger partial charge in [0.05, 0.1) is 0 Å². The van der Waals surface area contributed by atoms with Crippen molar-refractivity contribution >= 4 is 6.03 Å². The summed E-state index contributed by atoms with van der Waals surface area (Å²) in [6.07, 6.45) is 4.70. The quantitative estimate of drug-likeness (QED) is 0.863. The van der Waals surface area contributed by atoms with Crippen LogP contribution < -0.4 is 5.32 Å². The van der Waals surface area contributed by atoms with Gasteiger partial charge in [-0.1, -0.05) is 20.8 Å². The van der Waals surface area contributed by atoms with E-state index in [0.717, 1.165) is 45.6 Å². The van der Waals surface area contributed by atoms with Crippen molar-refractivity contribution < 1.29 is 4.79 Å². The number of amides is 2. The number of carbonyl (C=O) groups excluding carboxylic acids is 1. The number of rotatable bonds is 3. The molecule has 2 saturated heterocycles. The van der Waals surface area contributed by atoms with Crippen molar-refractivity contribution in [3.05, 3.63) is 0 Å². The van der Waals surface area contributed by atoms with Gasteiger partial charge in [-0.3, -0.25) is 0 Å². The van der Waals surface area contributed by atoms with E-state index >= 15 is 0 Å².